The van der Waals surface area contributed by atoms with E-state index < -0.39 is 0 Å². The highest BCUT2D eigenvalue weighted by atomic mass is 19.1. The summed E-state index contributed by atoms with van der Waals surface area (Å²) in [6.45, 7) is 10.5. The second-order valence-corrected chi connectivity index (χ2v) is 6.32. The molecule has 0 saturated carbocycles. The van der Waals surface area contributed by atoms with Gasteiger partial charge < -0.3 is 4.52 Å². The maximum Gasteiger partial charge on any atom is 0.145 e. The summed E-state index contributed by atoms with van der Waals surface area (Å²) in [7, 11) is 0. The molecule has 1 fully saturated rings. The van der Waals surface area contributed by atoms with Crippen LogP contribution < -0.4 is 0 Å². The fourth-order valence-electron chi connectivity index (χ4n) is 3.15. The van der Waals surface area contributed by atoms with Gasteiger partial charge in [0.25, 0.3) is 0 Å². The van der Waals surface area contributed by atoms with E-state index in [1.54, 1.807) is 12.3 Å². The lowest BCUT2D eigenvalue weighted by Gasteiger charge is -2.40. The van der Waals surface area contributed by atoms with E-state index in [1.165, 1.54) is 11.8 Å². The molecule has 1 unspecified atom stereocenters. The topological polar surface area (TPSA) is 45.4 Å². The van der Waals surface area contributed by atoms with Gasteiger partial charge in [-0.05, 0) is 26.8 Å². The van der Waals surface area contributed by atoms with Crippen molar-refractivity contribution in [3.05, 3.63) is 46.9 Å². The van der Waals surface area contributed by atoms with Gasteiger partial charge in [0.05, 0.1) is 11.9 Å². The second kappa shape index (κ2) is 6.76. The van der Waals surface area contributed by atoms with Gasteiger partial charge in [0.2, 0.25) is 0 Å². The fraction of sp³-hybridized carbons (Fsp3) is 0.529. The van der Waals surface area contributed by atoms with Crippen LogP contribution in [0.25, 0.3) is 0 Å². The fourth-order valence-corrected chi connectivity index (χ4v) is 3.15. The van der Waals surface area contributed by atoms with Crippen LogP contribution in [0.3, 0.4) is 0 Å². The molecule has 1 aliphatic rings. The Kier molecular flexibility index (Phi) is 4.73. The summed E-state index contributed by atoms with van der Waals surface area (Å²) in [5.74, 6) is 0.675. The van der Waals surface area contributed by atoms with Crippen LogP contribution in [0.1, 0.15) is 29.5 Å². The Morgan fingerprint density at radius 1 is 1.30 bits per heavy atom. The first-order valence-corrected chi connectivity index (χ1v) is 8.01. The van der Waals surface area contributed by atoms with Gasteiger partial charge in [-0.15, -0.1) is 0 Å². The van der Waals surface area contributed by atoms with E-state index in [2.05, 4.69) is 26.9 Å². The maximum atomic E-state index is 13.8. The largest absolute Gasteiger partial charge is 0.361 e. The van der Waals surface area contributed by atoms with Crippen molar-refractivity contribution in [1.29, 1.82) is 0 Å². The third-order valence-electron chi connectivity index (χ3n) is 4.64. The standard InChI is InChI=1S/C17H23FN4O/c1-12-9-21(11-16-13(2)20-23-14(16)3)6-7-22(12)10-15-4-5-19-8-17(15)18/h4-5,8,12H,6-7,9-11H2,1-3H3. The number of piperazine rings is 1. The highest BCUT2D eigenvalue weighted by Gasteiger charge is 2.25. The minimum absolute atomic E-state index is 0.224. The van der Waals surface area contributed by atoms with Crippen molar-refractivity contribution in [2.24, 2.45) is 0 Å². The van der Waals surface area contributed by atoms with Crippen LogP contribution in [0, 0.1) is 19.7 Å². The molecule has 1 saturated heterocycles. The maximum absolute atomic E-state index is 13.8. The monoisotopic (exact) mass is 318 g/mol. The van der Waals surface area contributed by atoms with Crippen LogP contribution in [-0.2, 0) is 13.1 Å². The number of hydrogen-bond donors (Lipinski definition) is 0. The molecule has 0 aliphatic carbocycles. The van der Waals surface area contributed by atoms with Gasteiger partial charge in [-0.3, -0.25) is 14.8 Å². The number of halogens is 1. The quantitative estimate of drug-likeness (QED) is 0.867. The molecule has 5 nitrogen and oxygen atoms in total. The average molecular weight is 318 g/mol. The lowest BCUT2D eigenvalue weighted by molar-refractivity contribution is 0.0721. The third kappa shape index (κ3) is 3.59. The van der Waals surface area contributed by atoms with Crippen molar-refractivity contribution < 1.29 is 8.91 Å². The summed E-state index contributed by atoms with van der Waals surface area (Å²) < 4.78 is 19.0. The van der Waals surface area contributed by atoms with Crippen LogP contribution in [-0.4, -0.2) is 45.6 Å². The Morgan fingerprint density at radius 2 is 2.13 bits per heavy atom. The lowest BCUT2D eigenvalue weighted by atomic mass is 10.1. The Labute approximate surface area is 136 Å². The first-order valence-electron chi connectivity index (χ1n) is 8.01. The lowest BCUT2D eigenvalue weighted by Crippen LogP contribution is -2.51. The molecule has 0 spiro atoms. The zero-order chi connectivity index (χ0) is 16.4. The molecule has 2 aromatic rings. The molecule has 6 heteroatoms. The van der Waals surface area contributed by atoms with Crippen molar-refractivity contribution >= 4 is 0 Å². The summed E-state index contributed by atoms with van der Waals surface area (Å²) in [6.07, 6.45) is 2.94. The smallest absolute Gasteiger partial charge is 0.145 e. The van der Waals surface area contributed by atoms with Gasteiger partial charge in [0, 0.05) is 56.1 Å². The van der Waals surface area contributed by atoms with E-state index in [0.717, 1.165) is 37.6 Å². The summed E-state index contributed by atoms with van der Waals surface area (Å²) in [5, 5.41) is 4.02. The van der Waals surface area contributed by atoms with Crippen molar-refractivity contribution in [2.75, 3.05) is 19.6 Å². The zero-order valence-electron chi connectivity index (χ0n) is 13.9. The summed E-state index contributed by atoms with van der Waals surface area (Å²) in [4.78, 5) is 8.55. The van der Waals surface area contributed by atoms with E-state index in [9.17, 15) is 4.39 Å². The third-order valence-corrected chi connectivity index (χ3v) is 4.64. The minimum Gasteiger partial charge on any atom is -0.361 e. The number of hydrogen-bond acceptors (Lipinski definition) is 5. The molecule has 0 bridgehead atoms. The molecule has 1 aliphatic heterocycles. The average Bonchev–Trinajstić information content (AvgIpc) is 2.84. The van der Waals surface area contributed by atoms with Crippen molar-refractivity contribution in [3.8, 4) is 0 Å². The van der Waals surface area contributed by atoms with Crippen LogP contribution in [0.5, 0.6) is 0 Å². The Balaban J connectivity index is 1.60. The Hall–Kier alpha value is -1.79. The normalized spacial score (nSPS) is 20.1. The molecule has 0 N–H and O–H groups in total. The molecule has 0 aromatic carbocycles. The molecule has 0 amide bonds. The first-order chi connectivity index (χ1) is 11.0. The molecule has 124 valence electrons. The Bertz CT molecular complexity index is 653. The summed E-state index contributed by atoms with van der Waals surface area (Å²) in [6, 6.07) is 2.13. The molecule has 3 heterocycles. The minimum atomic E-state index is -0.224. The SMILES string of the molecule is Cc1noc(C)c1CN1CCN(Cc2ccncc2F)C(C)C1. The van der Waals surface area contributed by atoms with Crippen LogP contribution in [0.15, 0.2) is 23.0 Å². The highest BCUT2D eigenvalue weighted by molar-refractivity contribution is 5.20. The second-order valence-electron chi connectivity index (χ2n) is 6.32. The van der Waals surface area contributed by atoms with E-state index in [0.29, 0.717) is 18.2 Å². The first kappa shape index (κ1) is 16.1. The summed E-state index contributed by atoms with van der Waals surface area (Å²) >= 11 is 0. The van der Waals surface area contributed by atoms with Gasteiger partial charge >= 0.3 is 0 Å². The van der Waals surface area contributed by atoms with Gasteiger partial charge in [0.15, 0.2) is 0 Å². The molecule has 1 atom stereocenters. The van der Waals surface area contributed by atoms with Crippen LogP contribution in [0.4, 0.5) is 4.39 Å². The molecular weight excluding hydrogens is 295 g/mol. The molecular formula is C17H23FN4O. The number of aryl methyl sites for hydroxylation is 2. The van der Waals surface area contributed by atoms with Gasteiger partial charge in [-0.1, -0.05) is 5.16 Å². The van der Waals surface area contributed by atoms with Gasteiger partial charge in [-0.2, -0.15) is 0 Å². The van der Waals surface area contributed by atoms with Crippen molar-refractivity contribution in [1.82, 2.24) is 19.9 Å². The number of aromatic nitrogens is 2. The summed E-state index contributed by atoms with van der Waals surface area (Å²) in [5.41, 5.74) is 2.87. The predicted molar refractivity (Wildman–Crippen MR) is 85.3 cm³/mol. The molecule has 3 rings (SSSR count). The van der Waals surface area contributed by atoms with E-state index in [-0.39, 0.29) is 5.82 Å². The molecule has 23 heavy (non-hydrogen) atoms. The molecule has 0 radical (unpaired) electrons. The van der Waals surface area contributed by atoms with Gasteiger partial charge in [-0.25, -0.2) is 4.39 Å². The van der Waals surface area contributed by atoms with Crippen molar-refractivity contribution in [3.63, 3.8) is 0 Å². The van der Waals surface area contributed by atoms with Crippen molar-refractivity contribution in [2.45, 2.75) is 39.9 Å². The number of nitrogens with zero attached hydrogens (tertiary/aromatic N) is 4. The Morgan fingerprint density at radius 3 is 2.78 bits per heavy atom. The van der Waals surface area contributed by atoms with E-state index in [1.807, 2.05) is 13.8 Å². The van der Waals surface area contributed by atoms with E-state index >= 15 is 0 Å². The zero-order valence-corrected chi connectivity index (χ0v) is 13.9. The highest BCUT2D eigenvalue weighted by Crippen LogP contribution is 2.20. The predicted octanol–water partition coefficient (Wildman–Crippen LogP) is 2.53. The van der Waals surface area contributed by atoms with Crippen LogP contribution in [0.2, 0.25) is 0 Å². The van der Waals surface area contributed by atoms with Crippen LogP contribution >= 0.6 is 0 Å². The van der Waals surface area contributed by atoms with E-state index in [4.69, 9.17) is 4.52 Å². The van der Waals surface area contributed by atoms with Gasteiger partial charge in [0.1, 0.15) is 11.6 Å². The number of rotatable bonds is 4. The molecule has 2 aromatic heterocycles. The number of pyridine rings is 1.